The number of nitrogens with zero attached hydrogens (tertiary/aromatic N) is 2. The van der Waals surface area contributed by atoms with Crippen LogP contribution >= 0.6 is 15.9 Å². The second-order valence-electron chi connectivity index (χ2n) is 3.53. The predicted molar refractivity (Wildman–Crippen MR) is 49.4 cm³/mol. The minimum atomic E-state index is -0.00271. The van der Waals surface area contributed by atoms with Crippen LogP contribution in [0.25, 0.3) is 0 Å². The van der Waals surface area contributed by atoms with Gasteiger partial charge in [0, 0.05) is 29.1 Å². The van der Waals surface area contributed by atoms with Gasteiger partial charge in [0.2, 0.25) is 5.89 Å². The molecule has 0 atom stereocenters. The molecule has 5 heteroatoms. The van der Waals surface area contributed by atoms with Crippen LogP contribution in [0.5, 0.6) is 0 Å². The van der Waals surface area contributed by atoms with Gasteiger partial charge in [-0.25, -0.2) is 0 Å². The lowest BCUT2D eigenvalue weighted by molar-refractivity contribution is 0.0466. The third kappa shape index (κ3) is 1.76. The minimum Gasteiger partial charge on any atom is -0.415 e. The van der Waals surface area contributed by atoms with E-state index in [0.29, 0.717) is 10.7 Å². The van der Waals surface area contributed by atoms with Crippen molar-refractivity contribution in [2.45, 2.75) is 25.2 Å². The highest BCUT2D eigenvalue weighted by Gasteiger charge is 2.34. The molecule has 0 aromatic carbocycles. The normalized spacial score (nSPS) is 21.7. The Morgan fingerprint density at radius 3 is 2.54 bits per heavy atom. The van der Waals surface area contributed by atoms with Crippen LogP contribution in [0.15, 0.2) is 9.22 Å². The Kier molecular flexibility index (Phi) is 2.38. The molecule has 1 fully saturated rings. The number of ether oxygens (including phenoxy) is 1. The summed E-state index contributed by atoms with van der Waals surface area (Å²) in [6, 6.07) is 0. The van der Waals surface area contributed by atoms with Gasteiger partial charge in [0.15, 0.2) is 0 Å². The lowest BCUT2D eigenvalue weighted by Crippen LogP contribution is -2.30. The summed E-state index contributed by atoms with van der Waals surface area (Å²) in [6.45, 7) is 3.68. The van der Waals surface area contributed by atoms with Crippen molar-refractivity contribution in [3.63, 3.8) is 0 Å². The second-order valence-corrected chi connectivity index (χ2v) is 4.21. The summed E-state index contributed by atoms with van der Waals surface area (Å²) in [6.07, 6.45) is 1.89. The van der Waals surface area contributed by atoms with Crippen LogP contribution in [0.4, 0.5) is 0 Å². The van der Waals surface area contributed by atoms with Crippen molar-refractivity contribution in [1.29, 1.82) is 0 Å². The van der Waals surface area contributed by atoms with E-state index in [2.05, 4.69) is 33.1 Å². The van der Waals surface area contributed by atoms with Crippen molar-refractivity contribution >= 4 is 15.9 Å². The first kappa shape index (κ1) is 9.15. The fraction of sp³-hybridized carbons (Fsp3) is 0.750. The summed E-state index contributed by atoms with van der Waals surface area (Å²) in [7, 11) is 0. The van der Waals surface area contributed by atoms with E-state index in [-0.39, 0.29) is 5.41 Å². The maximum Gasteiger partial charge on any atom is 0.284 e. The van der Waals surface area contributed by atoms with Crippen molar-refractivity contribution in [2.24, 2.45) is 0 Å². The zero-order valence-corrected chi connectivity index (χ0v) is 9.00. The van der Waals surface area contributed by atoms with Gasteiger partial charge < -0.3 is 9.15 Å². The number of hydrogen-bond acceptors (Lipinski definition) is 4. The first-order valence-corrected chi connectivity index (χ1v) is 5.07. The molecular formula is C8H11BrN2O2. The largest absolute Gasteiger partial charge is 0.415 e. The van der Waals surface area contributed by atoms with E-state index in [1.54, 1.807) is 0 Å². The highest BCUT2D eigenvalue weighted by Crippen LogP contribution is 2.33. The summed E-state index contributed by atoms with van der Waals surface area (Å²) >= 11 is 3.15. The number of aromatic nitrogens is 2. The second kappa shape index (κ2) is 3.38. The van der Waals surface area contributed by atoms with Gasteiger partial charge in [-0.3, -0.25) is 0 Å². The molecule has 2 rings (SSSR count). The van der Waals surface area contributed by atoms with Crippen LogP contribution in [0.3, 0.4) is 0 Å². The van der Waals surface area contributed by atoms with Crippen molar-refractivity contribution in [1.82, 2.24) is 10.2 Å². The number of halogens is 1. The van der Waals surface area contributed by atoms with Gasteiger partial charge in [-0.1, -0.05) is 6.92 Å². The zero-order valence-electron chi connectivity index (χ0n) is 7.42. The molecule has 1 aromatic heterocycles. The third-order valence-electron chi connectivity index (χ3n) is 2.51. The van der Waals surface area contributed by atoms with Gasteiger partial charge in [0.1, 0.15) is 0 Å². The average molecular weight is 247 g/mol. The van der Waals surface area contributed by atoms with E-state index >= 15 is 0 Å². The topological polar surface area (TPSA) is 48.2 Å². The molecule has 1 aromatic rings. The zero-order chi connectivity index (χ0) is 9.31. The SMILES string of the molecule is CC1(c2nnc(Br)o2)CCOCC1. The fourth-order valence-electron chi connectivity index (χ4n) is 1.49. The molecule has 4 nitrogen and oxygen atoms in total. The summed E-state index contributed by atoms with van der Waals surface area (Å²) in [5, 5.41) is 7.79. The smallest absolute Gasteiger partial charge is 0.284 e. The first-order chi connectivity index (χ1) is 6.21. The van der Waals surface area contributed by atoms with Crippen molar-refractivity contribution in [3.05, 3.63) is 10.7 Å². The Morgan fingerprint density at radius 1 is 1.31 bits per heavy atom. The Morgan fingerprint density at radius 2 is 2.00 bits per heavy atom. The quantitative estimate of drug-likeness (QED) is 0.760. The molecule has 0 spiro atoms. The standard InChI is InChI=1S/C8H11BrN2O2/c1-8(2-4-12-5-3-8)6-10-11-7(9)13-6/h2-5H2,1H3. The van der Waals surface area contributed by atoms with Gasteiger partial charge in [0.25, 0.3) is 4.80 Å². The molecule has 2 heterocycles. The maximum atomic E-state index is 5.36. The van der Waals surface area contributed by atoms with E-state index in [0.717, 1.165) is 26.1 Å². The van der Waals surface area contributed by atoms with Crippen LogP contribution in [0, 0.1) is 0 Å². The highest BCUT2D eigenvalue weighted by atomic mass is 79.9. The fourth-order valence-corrected chi connectivity index (χ4v) is 1.72. The highest BCUT2D eigenvalue weighted by molar-refractivity contribution is 9.10. The van der Waals surface area contributed by atoms with Crippen molar-refractivity contribution in [3.8, 4) is 0 Å². The van der Waals surface area contributed by atoms with Crippen molar-refractivity contribution in [2.75, 3.05) is 13.2 Å². The monoisotopic (exact) mass is 246 g/mol. The lowest BCUT2D eigenvalue weighted by atomic mass is 9.82. The van der Waals surface area contributed by atoms with Gasteiger partial charge in [0.05, 0.1) is 5.41 Å². The summed E-state index contributed by atoms with van der Waals surface area (Å²) in [5.41, 5.74) is -0.00271. The third-order valence-corrected chi connectivity index (χ3v) is 2.83. The van der Waals surface area contributed by atoms with E-state index in [9.17, 15) is 0 Å². The van der Waals surface area contributed by atoms with Crippen molar-refractivity contribution < 1.29 is 9.15 Å². The molecule has 0 radical (unpaired) electrons. The average Bonchev–Trinajstić information content (AvgIpc) is 2.54. The van der Waals surface area contributed by atoms with Gasteiger partial charge in [-0.05, 0) is 12.8 Å². The summed E-state index contributed by atoms with van der Waals surface area (Å²) in [4.78, 5) is 0.454. The van der Waals surface area contributed by atoms with Gasteiger partial charge in [-0.15, -0.1) is 10.2 Å². The van der Waals surface area contributed by atoms with E-state index in [1.165, 1.54) is 0 Å². The summed E-state index contributed by atoms with van der Waals surface area (Å²) < 4.78 is 10.7. The Balaban J connectivity index is 2.22. The van der Waals surface area contributed by atoms with Gasteiger partial charge in [-0.2, -0.15) is 0 Å². The molecule has 1 aliphatic heterocycles. The predicted octanol–water partition coefficient (Wildman–Crippen LogP) is 1.90. The molecule has 0 unspecified atom stereocenters. The number of rotatable bonds is 1. The lowest BCUT2D eigenvalue weighted by Gasteiger charge is -2.29. The molecule has 0 saturated carbocycles. The van der Waals surface area contributed by atoms with Crippen LogP contribution in [-0.4, -0.2) is 23.4 Å². The molecular weight excluding hydrogens is 236 g/mol. The molecule has 72 valence electrons. The minimum absolute atomic E-state index is 0.00271. The molecule has 0 bridgehead atoms. The van der Waals surface area contributed by atoms with Crippen LogP contribution in [0.1, 0.15) is 25.7 Å². The van der Waals surface area contributed by atoms with E-state index in [1.807, 2.05) is 0 Å². The number of hydrogen-bond donors (Lipinski definition) is 0. The van der Waals surface area contributed by atoms with Crippen LogP contribution in [-0.2, 0) is 10.2 Å². The molecule has 1 aliphatic rings. The first-order valence-electron chi connectivity index (χ1n) is 4.28. The Hall–Kier alpha value is -0.420. The van der Waals surface area contributed by atoms with E-state index < -0.39 is 0 Å². The Labute approximate surface area is 84.8 Å². The molecule has 0 aliphatic carbocycles. The van der Waals surface area contributed by atoms with E-state index in [4.69, 9.17) is 9.15 Å². The molecule has 0 amide bonds. The van der Waals surface area contributed by atoms with Gasteiger partial charge >= 0.3 is 0 Å². The Bertz CT molecular complexity index is 294. The van der Waals surface area contributed by atoms with Crippen LogP contribution < -0.4 is 0 Å². The van der Waals surface area contributed by atoms with Crippen LogP contribution in [0.2, 0.25) is 0 Å². The molecule has 1 saturated heterocycles. The molecule has 13 heavy (non-hydrogen) atoms. The maximum absolute atomic E-state index is 5.36. The molecule has 0 N–H and O–H groups in total. The summed E-state index contributed by atoms with van der Waals surface area (Å²) in [5.74, 6) is 0.711.